The summed E-state index contributed by atoms with van der Waals surface area (Å²) in [5.41, 5.74) is 5.84. The zero-order valence-corrected chi connectivity index (χ0v) is 13.4. The lowest BCUT2D eigenvalue weighted by atomic mass is 9.75. The van der Waals surface area contributed by atoms with Gasteiger partial charge in [0, 0.05) is 0 Å². The number of rotatable bonds is 3. The molecule has 114 valence electrons. The standard InChI is InChI=1S/C15H28N4O/c1-14(2,3)11-6-8-19(9-7-11)10-12-17-13(18-20-12)15(4,5)16/h11H,6-10,16H2,1-5H3. The van der Waals surface area contributed by atoms with E-state index in [1.165, 1.54) is 12.8 Å². The van der Waals surface area contributed by atoms with E-state index in [1.807, 2.05) is 13.8 Å². The highest BCUT2D eigenvalue weighted by atomic mass is 16.5. The van der Waals surface area contributed by atoms with E-state index < -0.39 is 5.54 Å². The fourth-order valence-corrected chi connectivity index (χ4v) is 2.73. The zero-order valence-electron chi connectivity index (χ0n) is 13.4. The maximum Gasteiger partial charge on any atom is 0.240 e. The molecule has 1 aromatic heterocycles. The molecule has 1 aromatic rings. The quantitative estimate of drug-likeness (QED) is 0.921. The average Bonchev–Trinajstić information content (AvgIpc) is 2.77. The summed E-state index contributed by atoms with van der Waals surface area (Å²) in [5.74, 6) is 2.06. The molecule has 2 N–H and O–H groups in total. The van der Waals surface area contributed by atoms with Crippen LogP contribution < -0.4 is 5.73 Å². The number of nitrogens with two attached hydrogens (primary N) is 1. The van der Waals surface area contributed by atoms with Crippen molar-refractivity contribution in [2.45, 2.75) is 59.5 Å². The molecule has 1 fully saturated rings. The van der Waals surface area contributed by atoms with Gasteiger partial charge in [-0.3, -0.25) is 4.90 Å². The summed E-state index contributed by atoms with van der Waals surface area (Å²) in [6.07, 6.45) is 2.49. The highest BCUT2D eigenvalue weighted by Crippen LogP contribution is 2.34. The van der Waals surface area contributed by atoms with Gasteiger partial charge in [-0.05, 0) is 51.1 Å². The lowest BCUT2D eigenvalue weighted by molar-refractivity contribution is 0.100. The zero-order chi connectivity index (χ0) is 15.0. The van der Waals surface area contributed by atoms with Crippen LogP contribution in [0.2, 0.25) is 0 Å². The molecule has 0 saturated carbocycles. The highest BCUT2D eigenvalue weighted by Gasteiger charge is 2.29. The van der Waals surface area contributed by atoms with Crippen molar-refractivity contribution < 1.29 is 4.52 Å². The van der Waals surface area contributed by atoms with Gasteiger partial charge in [-0.1, -0.05) is 25.9 Å². The third-order valence-corrected chi connectivity index (χ3v) is 4.22. The molecule has 1 aliphatic rings. The summed E-state index contributed by atoms with van der Waals surface area (Å²) in [6.45, 7) is 13.7. The monoisotopic (exact) mass is 280 g/mol. The van der Waals surface area contributed by atoms with E-state index in [4.69, 9.17) is 10.3 Å². The molecule has 1 saturated heterocycles. The van der Waals surface area contributed by atoms with Gasteiger partial charge in [-0.25, -0.2) is 0 Å². The number of hydrogen-bond donors (Lipinski definition) is 1. The van der Waals surface area contributed by atoms with E-state index in [-0.39, 0.29) is 0 Å². The Morgan fingerprint density at radius 2 is 1.80 bits per heavy atom. The molecular formula is C15H28N4O. The topological polar surface area (TPSA) is 68.2 Å². The summed E-state index contributed by atoms with van der Waals surface area (Å²) in [7, 11) is 0. The molecule has 5 nitrogen and oxygen atoms in total. The fraction of sp³-hybridized carbons (Fsp3) is 0.867. The van der Waals surface area contributed by atoms with Crippen LogP contribution in [0.25, 0.3) is 0 Å². The van der Waals surface area contributed by atoms with Crippen molar-refractivity contribution in [2.24, 2.45) is 17.1 Å². The number of piperidine rings is 1. The molecular weight excluding hydrogens is 252 g/mol. The molecule has 2 heterocycles. The van der Waals surface area contributed by atoms with Crippen LogP contribution in [0.5, 0.6) is 0 Å². The predicted octanol–water partition coefficient (Wildman–Crippen LogP) is 2.52. The first kappa shape index (κ1) is 15.4. The second-order valence-electron chi connectivity index (χ2n) is 7.65. The summed E-state index contributed by atoms with van der Waals surface area (Å²) in [5, 5.41) is 3.97. The van der Waals surface area contributed by atoms with Gasteiger partial charge in [0.15, 0.2) is 5.82 Å². The molecule has 0 aliphatic carbocycles. The molecule has 0 amide bonds. The lowest BCUT2D eigenvalue weighted by Gasteiger charge is -2.38. The van der Waals surface area contributed by atoms with Crippen LogP contribution >= 0.6 is 0 Å². The van der Waals surface area contributed by atoms with E-state index in [1.54, 1.807) is 0 Å². The number of aromatic nitrogens is 2. The first-order chi connectivity index (χ1) is 9.16. The van der Waals surface area contributed by atoms with Crippen molar-refractivity contribution in [1.82, 2.24) is 15.0 Å². The van der Waals surface area contributed by atoms with Crippen molar-refractivity contribution in [3.63, 3.8) is 0 Å². The van der Waals surface area contributed by atoms with Crippen LogP contribution in [0.3, 0.4) is 0 Å². The smallest absolute Gasteiger partial charge is 0.240 e. The molecule has 0 spiro atoms. The molecule has 0 bridgehead atoms. The van der Waals surface area contributed by atoms with Crippen LogP contribution in [-0.4, -0.2) is 28.1 Å². The van der Waals surface area contributed by atoms with Crippen LogP contribution in [0.4, 0.5) is 0 Å². The molecule has 5 heteroatoms. The Balaban J connectivity index is 1.88. The Morgan fingerprint density at radius 3 is 2.25 bits per heavy atom. The summed E-state index contributed by atoms with van der Waals surface area (Å²) in [4.78, 5) is 6.79. The summed E-state index contributed by atoms with van der Waals surface area (Å²) in [6, 6.07) is 0. The maximum absolute atomic E-state index is 5.97. The van der Waals surface area contributed by atoms with Crippen LogP contribution in [-0.2, 0) is 12.1 Å². The van der Waals surface area contributed by atoms with Crippen LogP contribution in [0.1, 0.15) is 59.2 Å². The second-order valence-corrected chi connectivity index (χ2v) is 7.65. The number of nitrogens with zero attached hydrogens (tertiary/aromatic N) is 3. The summed E-state index contributed by atoms with van der Waals surface area (Å²) >= 11 is 0. The first-order valence-corrected chi connectivity index (χ1v) is 7.50. The Hall–Kier alpha value is -0.940. The van der Waals surface area contributed by atoms with E-state index >= 15 is 0 Å². The van der Waals surface area contributed by atoms with Gasteiger partial charge in [0.25, 0.3) is 0 Å². The van der Waals surface area contributed by atoms with Crippen molar-refractivity contribution in [1.29, 1.82) is 0 Å². The van der Waals surface area contributed by atoms with Crippen molar-refractivity contribution in [2.75, 3.05) is 13.1 Å². The van der Waals surface area contributed by atoms with Gasteiger partial charge < -0.3 is 10.3 Å². The normalized spacial score (nSPS) is 19.5. The Labute approximate surface area is 121 Å². The lowest BCUT2D eigenvalue weighted by Crippen LogP contribution is -2.37. The van der Waals surface area contributed by atoms with Crippen molar-refractivity contribution in [3.8, 4) is 0 Å². The minimum atomic E-state index is -0.541. The third kappa shape index (κ3) is 3.79. The SMILES string of the molecule is CC(C)(N)c1noc(CN2CCC(C(C)(C)C)CC2)n1. The summed E-state index contributed by atoms with van der Waals surface area (Å²) < 4.78 is 5.31. The fourth-order valence-electron chi connectivity index (χ4n) is 2.73. The third-order valence-electron chi connectivity index (χ3n) is 4.22. The Morgan fingerprint density at radius 1 is 1.20 bits per heavy atom. The predicted molar refractivity (Wildman–Crippen MR) is 79.0 cm³/mol. The van der Waals surface area contributed by atoms with E-state index in [0.717, 1.165) is 25.6 Å². The molecule has 1 aliphatic heterocycles. The van der Waals surface area contributed by atoms with E-state index in [2.05, 4.69) is 35.8 Å². The average molecular weight is 280 g/mol. The van der Waals surface area contributed by atoms with Crippen LogP contribution in [0, 0.1) is 11.3 Å². The Bertz CT molecular complexity index is 433. The van der Waals surface area contributed by atoms with E-state index in [9.17, 15) is 0 Å². The minimum Gasteiger partial charge on any atom is -0.338 e. The largest absolute Gasteiger partial charge is 0.338 e. The van der Waals surface area contributed by atoms with Gasteiger partial charge >= 0.3 is 0 Å². The van der Waals surface area contributed by atoms with Gasteiger partial charge in [0.2, 0.25) is 5.89 Å². The first-order valence-electron chi connectivity index (χ1n) is 7.50. The highest BCUT2D eigenvalue weighted by molar-refractivity contribution is 4.99. The van der Waals surface area contributed by atoms with Gasteiger partial charge in [0.1, 0.15) is 0 Å². The molecule has 0 atom stereocenters. The second kappa shape index (κ2) is 5.45. The van der Waals surface area contributed by atoms with Gasteiger partial charge in [-0.2, -0.15) is 4.98 Å². The molecule has 20 heavy (non-hydrogen) atoms. The number of hydrogen-bond acceptors (Lipinski definition) is 5. The van der Waals surface area contributed by atoms with Crippen molar-refractivity contribution in [3.05, 3.63) is 11.7 Å². The molecule has 0 unspecified atom stereocenters. The van der Waals surface area contributed by atoms with Crippen molar-refractivity contribution >= 4 is 0 Å². The minimum absolute atomic E-state index is 0.410. The Kier molecular flexibility index (Phi) is 4.21. The molecule has 0 aromatic carbocycles. The van der Waals surface area contributed by atoms with Gasteiger partial charge in [-0.15, -0.1) is 0 Å². The molecule has 0 radical (unpaired) electrons. The van der Waals surface area contributed by atoms with E-state index in [0.29, 0.717) is 17.1 Å². The molecule has 2 rings (SSSR count). The maximum atomic E-state index is 5.97. The number of likely N-dealkylation sites (tertiary alicyclic amines) is 1. The van der Waals surface area contributed by atoms with Crippen LogP contribution in [0.15, 0.2) is 4.52 Å². The van der Waals surface area contributed by atoms with Gasteiger partial charge in [0.05, 0.1) is 12.1 Å².